The van der Waals surface area contributed by atoms with Crippen molar-refractivity contribution in [2.75, 3.05) is 20.2 Å². The fourth-order valence-corrected chi connectivity index (χ4v) is 2.91. The molecule has 70 valence electrons. The van der Waals surface area contributed by atoms with Gasteiger partial charge in [0.1, 0.15) is 0 Å². The zero-order valence-electron chi connectivity index (χ0n) is 8.03. The van der Waals surface area contributed by atoms with E-state index in [-0.39, 0.29) is 0 Å². The number of likely N-dealkylation sites (N-methyl/N-ethyl adjacent to an activating group) is 1. The topological polar surface area (TPSA) is 23.5 Å². The molecule has 0 bridgehead atoms. The zero-order valence-corrected chi connectivity index (χ0v) is 8.03. The van der Waals surface area contributed by atoms with E-state index < -0.39 is 0 Å². The van der Waals surface area contributed by atoms with Gasteiger partial charge in [-0.1, -0.05) is 6.92 Å². The molecule has 0 aromatic heterocycles. The van der Waals surface area contributed by atoms with E-state index in [9.17, 15) is 5.11 Å². The molecule has 2 nitrogen and oxygen atoms in total. The molecule has 1 saturated carbocycles. The summed E-state index contributed by atoms with van der Waals surface area (Å²) in [6.07, 6.45) is 2.80. The van der Waals surface area contributed by atoms with Gasteiger partial charge in [-0.3, -0.25) is 0 Å². The minimum Gasteiger partial charge on any atom is -0.395 e. The lowest BCUT2D eigenvalue weighted by atomic mass is 9.88. The Balaban J connectivity index is 2.06. The first-order valence-electron chi connectivity index (χ1n) is 5.05. The molecule has 1 N–H and O–H groups in total. The molecule has 1 saturated heterocycles. The molecule has 0 unspecified atom stereocenters. The summed E-state index contributed by atoms with van der Waals surface area (Å²) >= 11 is 0. The van der Waals surface area contributed by atoms with Crippen LogP contribution in [-0.2, 0) is 0 Å². The standard InChI is InChI=1S/C10H19NO/c1-7-5-11(2)9(6-12)10(7)8-3-4-8/h7-10,12H,3-6H2,1-2H3/t7-,9+,10+/m0/s1. The van der Waals surface area contributed by atoms with Gasteiger partial charge < -0.3 is 10.0 Å². The highest BCUT2D eigenvalue weighted by Crippen LogP contribution is 2.46. The van der Waals surface area contributed by atoms with Crippen molar-refractivity contribution in [2.45, 2.75) is 25.8 Å². The van der Waals surface area contributed by atoms with E-state index in [1.54, 1.807) is 0 Å². The second-order valence-electron chi connectivity index (χ2n) is 4.58. The lowest BCUT2D eigenvalue weighted by molar-refractivity contribution is 0.145. The molecule has 0 aromatic carbocycles. The van der Waals surface area contributed by atoms with Gasteiger partial charge in [0.2, 0.25) is 0 Å². The monoisotopic (exact) mass is 169 g/mol. The lowest BCUT2D eigenvalue weighted by Gasteiger charge is -2.23. The SMILES string of the molecule is C[C@H]1CN(C)[C@H](CO)[C@H]1C1CC1. The third-order valence-corrected chi connectivity index (χ3v) is 3.60. The Morgan fingerprint density at radius 3 is 2.58 bits per heavy atom. The van der Waals surface area contributed by atoms with Gasteiger partial charge in [-0.25, -0.2) is 0 Å². The van der Waals surface area contributed by atoms with Gasteiger partial charge in [0.25, 0.3) is 0 Å². The van der Waals surface area contributed by atoms with Crippen molar-refractivity contribution in [2.24, 2.45) is 17.8 Å². The maximum Gasteiger partial charge on any atom is 0.0589 e. The van der Waals surface area contributed by atoms with E-state index in [4.69, 9.17) is 0 Å². The highest BCUT2D eigenvalue weighted by atomic mass is 16.3. The van der Waals surface area contributed by atoms with Crippen LogP contribution in [0.25, 0.3) is 0 Å². The second kappa shape index (κ2) is 3.00. The van der Waals surface area contributed by atoms with Crippen molar-refractivity contribution in [3.8, 4) is 0 Å². The number of hydrogen-bond donors (Lipinski definition) is 1. The predicted octanol–water partition coefficient (Wildman–Crippen LogP) is 0.955. The van der Waals surface area contributed by atoms with Crippen LogP contribution in [0.1, 0.15) is 19.8 Å². The minimum absolute atomic E-state index is 0.349. The molecule has 1 aliphatic heterocycles. The van der Waals surface area contributed by atoms with Crippen LogP contribution in [0.2, 0.25) is 0 Å². The summed E-state index contributed by atoms with van der Waals surface area (Å²) in [6.45, 7) is 3.85. The van der Waals surface area contributed by atoms with Gasteiger partial charge in [0.15, 0.2) is 0 Å². The molecule has 0 aromatic rings. The number of hydrogen-bond acceptors (Lipinski definition) is 2. The molecule has 2 fully saturated rings. The maximum atomic E-state index is 9.26. The summed E-state index contributed by atoms with van der Waals surface area (Å²) in [4.78, 5) is 2.33. The Hall–Kier alpha value is -0.0800. The fraction of sp³-hybridized carbons (Fsp3) is 1.00. The molecule has 3 atom stereocenters. The molecule has 2 rings (SSSR count). The third kappa shape index (κ3) is 1.27. The molecule has 2 aliphatic rings. The number of rotatable bonds is 2. The van der Waals surface area contributed by atoms with E-state index in [1.807, 2.05) is 0 Å². The number of nitrogens with zero attached hydrogens (tertiary/aromatic N) is 1. The van der Waals surface area contributed by atoms with Crippen molar-refractivity contribution in [1.82, 2.24) is 4.90 Å². The van der Waals surface area contributed by atoms with E-state index in [0.29, 0.717) is 12.6 Å². The molecule has 1 aliphatic carbocycles. The van der Waals surface area contributed by atoms with Gasteiger partial charge in [-0.05, 0) is 37.6 Å². The number of aliphatic hydroxyl groups is 1. The van der Waals surface area contributed by atoms with Crippen molar-refractivity contribution in [1.29, 1.82) is 0 Å². The third-order valence-electron chi connectivity index (χ3n) is 3.60. The highest BCUT2D eigenvalue weighted by molar-refractivity contribution is 4.97. The predicted molar refractivity (Wildman–Crippen MR) is 48.9 cm³/mol. The van der Waals surface area contributed by atoms with Crippen LogP contribution in [0.15, 0.2) is 0 Å². The smallest absolute Gasteiger partial charge is 0.0589 e. The quantitative estimate of drug-likeness (QED) is 0.665. The Kier molecular flexibility index (Phi) is 2.13. The van der Waals surface area contributed by atoms with Gasteiger partial charge in [0, 0.05) is 12.6 Å². The van der Waals surface area contributed by atoms with Crippen molar-refractivity contribution in [3.63, 3.8) is 0 Å². The zero-order chi connectivity index (χ0) is 8.72. The first kappa shape index (κ1) is 8.52. The van der Waals surface area contributed by atoms with E-state index in [1.165, 1.54) is 19.4 Å². The molecule has 0 radical (unpaired) electrons. The van der Waals surface area contributed by atoms with Crippen LogP contribution in [-0.4, -0.2) is 36.2 Å². The molecular formula is C10H19NO. The van der Waals surface area contributed by atoms with Crippen molar-refractivity contribution in [3.05, 3.63) is 0 Å². The van der Waals surface area contributed by atoms with Crippen LogP contribution in [0, 0.1) is 17.8 Å². The largest absolute Gasteiger partial charge is 0.395 e. The first-order valence-corrected chi connectivity index (χ1v) is 5.05. The average Bonchev–Trinajstić information content (AvgIpc) is 2.78. The summed E-state index contributed by atoms with van der Waals surface area (Å²) in [5.74, 6) is 2.50. The van der Waals surface area contributed by atoms with Crippen molar-refractivity contribution < 1.29 is 5.11 Å². The second-order valence-corrected chi connectivity index (χ2v) is 4.58. The van der Waals surface area contributed by atoms with E-state index in [2.05, 4.69) is 18.9 Å². The van der Waals surface area contributed by atoms with Crippen LogP contribution in [0.5, 0.6) is 0 Å². The van der Waals surface area contributed by atoms with Crippen molar-refractivity contribution >= 4 is 0 Å². The molecule has 0 spiro atoms. The van der Waals surface area contributed by atoms with Crippen LogP contribution < -0.4 is 0 Å². The van der Waals surface area contributed by atoms with E-state index in [0.717, 1.165) is 17.8 Å². The average molecular weight is 169 g/mol. The summed E-state index contributed by atoms with van der Waals surface area (Å²) < 4.78 is 0. The summed E-state index contributed by atoms with van der Waals surface area (Å²) in [6, 6.07) is 0.451. The van der Waals surface area contributed by atoms with Crippen LogP contribution in [0.4, 0.5) is 0 Å². The highest BCUT2D eigenvalue weighted by Gasteiger charge is 2.45. The minimum atomic E-state index is 0.349. The molecule has 1 heterocycles. The van der Waals surface area contributed by atoms with Gasteiger partial charge in [-0.2, -0.15) is 0 Å². The molecule has 12 heavy (non-hydrogen) atoms. The summed E-state index contributed by atoms with van der Waals surface area (Å²) in [5.41, 5.74) is 0. The van der Waals surface area contributed by atoms with E-state index >= 15 is 0 Å². The normalized spacial score (nSPS) is 43.8. The Bertz CT molecular complexity index is 167. The number of aliphatic hydroxyl groups excluding tert-OH is 1. The summed E-state index contributed by atoms with van der Waals surface area (Å²) in [7, 11) is 2.14. The lowest BCUT2D eigenvalue weighted by Crippen LogP contribution is -2.33. The fourth-order valence-electron chi connectivity index (χ4n) is 2.91. The van der Waals surface area contributed by atoms with Gasteiger partial charge in [-0.15, -0.1) is 0 Å². The Morgan fingerprint density at radius 2 is 2.08 bits per heavy atom. The van der Waals surface area contributed by atoms with Crippen LogP contribution in [0.3, 0.4) is 0 Å². The first-order chi connectivity index (χ1) is 5.74. The molecule has 0 amide bonds. The molecular weight excluding hydrogens is 150 g/mol. The van der Waals surface area contributed by atoms with Crippen LogP contribution >= 0.6 is 0 Å². The maximum absolute atomic E-state index is 9.26. The molecule has 2 heteroatoms. The van der Waals surface area contributed by atoms with Gasteiger partial charge >= 0.3 is 0 Å². The summed E-state index contributed by atoms with van der Waals surface area (Å²) in [5, 5.41) is 9.26. The Morgan fingerprint density at radius 1 is 1.42 bits per heavy atom. The Labute approximate surface area is 74.6 Å². The number of likely N-dealkylation sites (tertiary alicyclic amines) is 1. The van der Waals surface area contributed by atoms with Gasteiger partial charge in [0.05, 0.1) is 6.61 Å².